The van der Waals surface area contributed by atoms with Crippen LogP contribution in [0.3, 0.4) is 0 Å². The van der Waals surface area contributed by atoms with Crippen molar-refractivity contribution in [2.24, 2.45) is 0 Å². The molecule has 0 aliphatic heterocycles. The summed E-state index contributed by atoms with van der Waals surface area (Å²) in [5.41, 5.74) is 0.777. The number of benzene rings is 1. The molecule has 124 valence electrons. The van der Waals surface area contributed by atoms with Gasteiger partial charge in [0.25, 0.3) is 11.8 Å². The topological polar surface area (TPSA) is 72.5 Å². The average molecular weight is 338 g/mol. The van der Waals surface area contributed by atoms with Crippen LogP contribution in [0, 0.1) is 0 Å². The fourth-order valence-electron chi connectivity index (χ4n) is 2.14. The highest BCUT2D eigenvalue weighted by Crippen LogP contribution is 2.22. The Hall–Kier alpha value is -1.92. The first kappa shape index (κ1) is 17.4. The molecule has 23 heavy (non-hydrogen) atoms. The predicted molar refractivity (Wildman–Crippen MR) is 88.2 cm³/mol. The molecule has 1 amide bonds. The average Bonchev–Trinajstić information content (AvgIpc) is 2.95. The van der Waals surface area contributed by atoms with E-state index in [4.69, 9.17) is 16.0 Å². The van der Waals surface area contributed by atoms with Crippen LogP contribution in [0.5, 0.6) is 0 Å². The standard InChI is InChI=1S/C16H21ClN4O2/c1-10(2)18-14(22)9-21(4)11(3)15-19-20-16(23-15)12-6-5-7-13(17)8-12/h5-8,10-11H,9H2,1-4H3,(H,18,22)/p+1/t11-/m1/s1. The van der Waals surface area contributed by atoms with Gasteiger partial charge in [-0.25, -0.2) is 0 Å². The van der Waals surface area contributed by atoms with Gasteiger partial charge in [-0.3, -0.25) is 4.79 Å². The number of carbonyl (C=O) groups is 1. The highest BCUT2D eigenvalue weighted by atomic mass is 35.5. The zero-order valence-corrected chi connectivity index (χ0v) is 14.5. The maximum absolute atomic E-state index is 11.9. The summed E-state index contributed by atoms with van der Waals surface area (Å²) in [7, 11) is 1.92. The molecule has 0 saturated heterocycles. The third kappa shape index (κ3) is 4.77. The quantitative estimate of drug-likeness (QED) is 0.837. The number of aromatic nitrogens is 2. The lowest BCUT2D eigenvalue weighted by Gasteiger charge is -2.19. The van der Waals surface area contributed by atoms with Gasteiger partial charge in [0.2, 0.25) is 5.89 Å². The SMILES string of the molecule is CC(C)NC(=O)C[NH+](C)[C@H](C)c1nnc(-c2cccc(Cl)c2)o1. The van der Waals surface area contributed by atoms with Crippen molar-refractivity contribution in [2.45, 2.75) is 32.9 Å². The van der Waals surface area contributed by atoms with Crippen molar-refractivity contribution < 1.29 is 14.1 Å². The monoisotopic (exact) mass is 337 g/mol. The molecule has 2 N–H and O–H groups in total. The van der Waals surface area contributed by atoms with Crippen LogP contribution in [0.1, 0.15) is 32.7 Å². The van der Waals surface area contributed by atoms with Crippen LogP contribution in [0.2, 0.25) is 5.02 Å². The molecule has 7 heteroatoms. The summed E-state index contributed by atoms with van der Waals surface area (Å²) in [5.74, 6) is 0.919. The van der Waals surface area contributed by atoms with E-state index < -0.39 is 0 Å². The third-order valence-electron chi connectivity index (χ3n) is 3.51. The number of rotatable bonds is 6. The molecular formula is C16H22ClN4O2+. The van der Waals surface area contributed by atoms with Crippen molar-refractivity contribution in [2.75, 3.05) is 13.6 Å². The number of nitrogens with one attached hydrogen (secondary N) is 2. The Labute approximate surface area is 140 Å². The van der Waals surface area contributed by atoms with Crippen LogP contribution in [0.25, 0.3) is 11.5 Å². The van der Waals surface area contributed by atoms with Gasteiger partial charge in [-0.2, -0.15) is 0 Å². The maximum Gasteiger partial charge on any atom is 0.275 e. The Morgan fingerprint density at radius 2 is 2.09 bits per heavy atom. The fraction of sp³-hybridized carbons (Fsp3) is 0.438. The predicted octanol–water partition coefficient (Wildman–Crippen LogP) is 1.49. The molecule has 0 saturated carbocycles. The van der Waals surface area contributed by atoms with Gasteiger partial charge in [-0.15, -0.1) is 10.2 Å². The highest BCUT2D eigenvalue weighted by Gasteiger charge is 2.24. The van der Waals surface area contributed by atoms with E-state index in [0.29, 0.717) is 23.3 Å². The summed E-state index contributed by atoms with van der Waals surface area (Å²) in [6, 6.07) is 7.29. The normalized spacial score (nSPS) is 13.8. The number of likely N-dealkylation sites (N-methyl/N-ethyl adjacent to an activating group) is 1. The smallest absolute Gasteiger partial charge is 0.275 e. The molecule has 0 spiro atoms. The summed E-state index contributed by atoms with van der Waals surface area (Å²) in [4.78, 5) is 12.8. The lowest BCUT2D eigenvalue weighted by atomic mass is 10.2. The van der Waals surface area contributed by atoms with E-state index in [-0.39, 0.29) is 18.0 Å². The minimum atomic E-state index is -0.0895. The molecule has 0 aliphatic carbocycles. The molecular weight excluding hydrogens is 316 g/mol. The summed E-state index contributed by atoms with van der Waals surface area (Å²) < 4.78 is 5.74. The molecule has 0 bridgehead atoms. The first-order valence-electron chi connectivity index (χ1n) is 7.58. The minimum absolute atomic E-state index is 0.000991. The Balaban J connectivity index is 2.06. The van der Waals surface area contributed by atoms with Gasteiger partial charge in [0.1, 0.15) is 0 Å². The molecule has 2 rings (SSSR count). The molecule has 1 aromatic carbocycles. The molecule has 1 unspecified atom stereocenters. The van der Waals surface area contributed by atoms with E-state index in [1.54, 1.807) is 12.1 Å². The second kappa shape index (κ2) is 7.57. The number of quaternary nitrogens is 1. The van der Waals surface area contributed by atoms with Gasteiger partial charge in [0.05, 0.1) is 7.05 Å². The molecule has 1 heterocycles. The summed E-state index contributed by atoms with van der Waals surface area (Å²) >= 11 is 5.97. The number of hydrogen-bond donors (Lipinski definition) is 2. The third-order valence-corrected chi connectivity index (χ3v) is 3.75. The molecule has 2 atom stereocenters. The lowest BCUT2D eigenvalue weighted by molar-refractivity contribution is -0.903. The summed E-state index contributed by atoms with van der Waals surface area (Å²) in [6.07, 6.45) is 0. The van der Waals surface area contributed by atoms with Gasteiger partial charge in [0.15, 0.2) is 12.6 Å². The second-order valence-corrected chi connectivity index (χ2v) is 6.36. The molecule has 1 aromatic heterocycles. The van der Waals surface area contributed by atoms with E-state index in [1.807, 2.05) is 40.0 Å². The Morgan fingerprint density at radius 1 is 1.35 bits per heavy atom. The van der Waals surface area contributed by atoms with Gasteiger partial charge < -0.3 is 14.6 Å². The van der Waals surface area contributed by atoms with E-state index >= 15 is 0 Å². The zero-order valence-electron chi connectivity index (χ0n) is 13.8. The van der Waals surface area contributed by atoms with E-state index in [9.17, 15) is 4.79 Å². The van der Waals surface area contributed by atoms with Crippen molar-refractivity contribution in [3.8, 4) is 11.5 Å². The van der Waals surface area contributed by atoms with E-state index in [2.05, 4.69) is 15.5 Å². The van der Waals surface area contributed by atoms with Gasteiger partial charge in [-0.05, 0) is 39.0 Å². The Morgan fingerprint density at radius 3 is 2.74 bits per heavy atom. The maximum atomic E-state index is 11.9. The van der Waals surface area contributed by atoms with Crippen LogP contribution in [0.15, 0.2) is 28.7 Å². The number of nitrogens with zero attached hydrogens (tertiary/aromatic N) is 2. The van der Waals surface area contributed by atoms with Crippen molar-refractivity contribution in [1.29, 1.82) is 0 Å². The Bertz CT molecular complexity index is 672. The van der Waals surface area contributed by atoms with Gasteiger partial charge in [-0.1, -0.05) is 17.7 Å². The van der Waals surface area contributed by atoms with Crippen LogP contribution in [0.4, 0.5) is 0 Å². The minimum Gasteiger partial charge on any atom is -0.415 e. The van der Waals surface area contributed by atoms with Crippen molar-refractivity contribution in [1.82, 2.24) is 15.5 Å². The molecule has 0 aliphatic rings. The first-order chi connectivity index (χ1) is 10.9. The number of hydrogen-bond acceptors (Lipinski definition) is 4. The first-order valence-corrected chi connectivity index (χ1v) is 7.95. The highest BCUT2D eigenvalue weighted by molar-refractivity contribution is 6.30. The largest absolute Gasteiger partial charge is 0.415 e. The molecule has 0 fully saturated rings. The van der Waals surface area contributed by atoms with Crippen LogP contribution >= 0.6 is 11.6 Å². The lowest BCUT2D eigenvalue weighted by Crippen LogP contribution is -3.10. The summed E-state index contributed by atoms with van der Waals surface area (Å²) in [5, 5.41) is 11.7. The van der Waals surface area contributed by atoms with E-state index in [0.717, 1.165) is 10.5 Å². The van der Waals surface area contributed by atoms with Crippen LogP contribution < -0.4 is 10.2 Å². The van der Waals surface area contributed by atoms with Gasteiger partial charge >= 0.3 is 0 Å². The van der Waals surface area contributed by atoms with Crippen LogP contribution in [-0.4, -0.2) is 35.7 Å². The Kier molecular flexibility index (Phi) is 5.74. The number of amides is 1. The molecule has 6 nitrogen and oxygen atoms in total. The number of halogens is 1. The van der Waals surface area contributed by atoms with Crippen molar-refractivity contribution in [3.05, 3.63) is 35.2 Å². The zero-order chi connectivity index (χ0) is 17.0. The molecule has 0 radical (unpaired) electrons. The fourth-order valence-corrected chi connectivity index (χ4v) is 2.33. The van der Waals surface area contributed by atoms with Crippen LogP contribution in [-0.2, 0) is 4.79 Å². The van der Waals surface area contributed by atoms with Crippen molar-refractivity contribution in [3.63, 3.8) is 0 Å². The second-order valence-electron chi connectivity index (χ2n) is 5.92. The number of carbonyl (C=O) groups excluding carboxylic acids is 1. The molecule has 2 aromatic rings. The summed E-state index contributed by atoms with van der Waals surface area (Å²) in [6.45, 7) is 6.17. The van der Waals surface area contributed by atoms with Gasteiger partial charge in [0, 0.05) is 16.6 Å². The van der Waals surface area contributed by atoms with E-state index in [1.165, 1.54) is 0 Å². The van der Waals surface area contributed by atoms with Crippen molar-refractivity contribution >= 4 is 17.5 Å².